The third kappa shape index (κ3) is 4.29. The van der Waals surface area contributed by atoms with Crippen molar-refractivity contribution in [2.45, 2.75) is 6.42 Å². The number of amides is 3. The molecule has 2 aliphatic heterocycles. The second-order valence-corrected chi connectivity index (χ2v) is 8.81. The number of rotatable bonds is 6. The number of hydrogen-bond donors (Lipinski definition) is 3. The first-order valence-corrected chi connectivity index (χ1v) is 11.0. The van der Waals surface area contributed by atoms with E-state index in [2.05, 4.69) is 20.5 Å². The van der Waals surface area contributed by atoms with E-state index in [1.54, 1.807) is 7.11 Å². The number of likely N-dealkylation sites (tertiary alicyclic amines) is 2. The Morgan fingerprint density at radius 2 is 2.00 bits per heavy atom. The van der Waals surface area contributed by atoms with Gasteiger partial charge in [-0.1, -0.05) is 6.07 Å². The molecule has 9 heteroatoms. The van der Waals surface area contributed by atoms with Crippen LogP contribution in [0.5, 0.6) is 5.75 Å². The van der Waals surface area contributed by atoms with Crippen molar-refractivity contribution in [3.05, 3.63) is 30.0 Å². The molecule has 1 aromatic carbocycles. The van der Waals surface area contributed by atoms with E-state index in [0.29, 0.717) is 13.1 Å². The van der Waals surface area contributed by atoms with Crippen molar-refractivity contribution < 1.29 is 19.1 Å². The van der Waals surface area contributed by atoms with E-state index in [4.69, 9.17) is 4.74 Å². The van der Waals surface area contributed by atoms with Crippen molar-refractivity contribution in [3.8, 4) is 5.75 Å². The van der Waals surface area contributed by atoms with Crippen LogP contribution in [0.1, 0.15) is 5.56 Å². The molecule has 3 atom stereocenters. The molecule has 2 aromatic rings. The molecule has 1 aromatic heterocycles. The molecule has 0 radical (unpaired) electrons. The van der Waals surface area contributed by atoms with Crippen LogP contribution in [-0.4, -0.2) is 86.4 Å². The molecule has 172 valence electrons. The van der Waals surface area contributed by atoms with Gasteiger partial charge in [0.05, 0.1) is 26.0 Å². The molecule has 0 spiro atoms. The fourth-order valence-electron chi connectivity index (χ4n) is 5.17. The van der Waals surface area contributed by atoms with Gasteiger partial charge in [-0.15, -0.1) is 0 Å². The lowest BCUT2D eigenvalue weighted by atomic mass is 9.79. The molecule has 0 bridgehead atoms. The molecule has 4 rings (SSSR count). The number of ether oxygens (including phenoxy) is 1. The lowest BCUT2D eigenvalue weighted by molar-refractivity contribution is -0.139. The van der Waals surface area contributed by atoms with E-state index in [1.807, 2.05) is 36.3 Å². The maximum Gasteiger partial charge on any atom is 0.239 e. The minimum absolute atomic E-state index is 0.00564. The third-order valence-electron chi connectivity index (χ3n) is 6.77. The number of nitrogens with zero attached hydrogens (tertiary/aromatic N) is 2. The fourth-order valence-corrected chi connectivity index (χ4v) is 5.17. The highest BCUT2D eigenvalue weighted by Gasteiger charge is 2.45. The number of H-pyrrole nitrogens is 1. The quantitative estimate of drug-likeness (QED) is 0.595. The molecular weight excluding hydrogens is 410 g/mol. The summed E-state index contributed by atoms with van der Waals surface area (Å²) in [5, 5.41) is 6.17. The molecule has 9 nitrogen and oxygen atoms in total. The zero-order valence-corrected chi connectivity index (χ0v) is 18.8. The van der Waals surface area contributed by atoms with Gasteiger partial charge in [0.15, 0.2) is 0 Å². The molecule has 2 saturated heterocycles. The molecular formula is C23H31N5O4. The van der Waals surface area contributed by atoms with Crippen molar-refractivity contribution in [3.63, 3.8) is 0 Å². The molecule has 0 aliphatic carbocycles. The van der Waals surface area contributed by atoms with Gasteiger partial charge < -0.3 is 30.2 Å². The average Bonchev–Trinajstić information content (AvgIpc) is 3.38. The predicted octanol–water partition coefficient (Wildman–Crippen LogP) is 0.217. The number of carbonyl (C=O) groups is 3. The molecule has 3 N–H and O–H groups in total. The number of carbonyl (C=O) groups excluding carboxylic acids is 3. The summed E-state index contributed by atoms with van der Waals surface area (Å²) in [6.45, 7) is 2.64. The maximum absolute atomic E-state index is 13.3. The van der Waals surface area contributed by atoms with Crippen LogP contribution in [0.2, 0.25) is 0 Å². The van der Waals surface area contributed by atoms with Gasteiger partial charge in [0.25, 0.3) is 0 Å². The van der Waals surface area contributed by atoms with Crippen molar-refractivity contribution >= 4 is 28.6 Å². The van der Waals surface area contributed by atoms with E-state index >= 15 is 0 Å². The average molecular weight is 442 g/mol. The number of likely N-dealkylation sites (N-methyl/N-ethyl adjacent to an activating group) is 1. The SMILES string of the molecule is CNC(=O)CNC(=O)C1CN(C(=O)Cc2c[nH]c3cccc(OC)c23)CC2CN(C)CC21. The molecule has 0 saturated carbocycles. The lowest BCUT2D eigenvalue weighted by Gasteiger charge is -2.39. The monoisotopic (exact) mass is 441 g/mol. The first kappa shape index (κ1) is 22.1. The second kappa shape index (κ2) is 9.20. The summed E-state index contributed by atoms with van der Waals surface area (Å²) < 4.78 is 5.49. The Kier molecular flexibility index (Phi) is 6.36. The summed E-state index contributed by atoms with van der Waals surface area (Å²) in [4.78, 5) is 45.1. The zero-order valence-electron chi connectivity index (χ0n) is 18.8. The summed E-state index contributed by atoms with van der Waals surface area (Å²) in [7, 11) is 5.20. The summed E-state index contributed by atoms with van der Waals surface area (Å²) in [5.74, 6) is 0.418. The minimum atomic E-state index is -0.329. The van der Waals surface area contributed by atoms with E-state index < -0.39 is 0 Å². The minimum Gasteiger partial charge on any atom is -0.496 e. The van der Waals surface area contributed by atoms with E-state index in [9.17, 15) is 14.4 Å². The van der Waals surface area contributed by atoms with E-state index in [0.717, 1.165) is 35.3 Å². The highest BCUT2D eigenvalue weighted by molar-refractivity contribution is 5.93. The Hall–Kier alpha value is -3.07. The molecule has 32 heavy (non-hydrogen) atoms. The van der Waals surface area contributed by atoms with Crippen LogP contribution in [0, 0.1) is 17.8 Å². The number of methoxy groups -OCH3 is 1. The number of benzene rings is 1. The first-order valence-electron chi connectivity index (χ1n) is 11.0. The van der Waals surface area contributed by atoms with Gasteiger partial charge in [-0.2, -0.15) is 0 Å². The molecule has 3 unspecified atom stereocenters. The van der Waals surface area contributed by atoms with E-state index in [-0.39, 0.29) is 48.4 Å². The first-order chi connectivity index (χ1) is 15.4. The highest BCUT2D eigenvalue weighted by Crippen LogP contribution is 2.35. The third-order valence-corrected chi connectivity index (χ3v) is 6.77. The van der Waals surface area contributed by atoms with Gasteiger partial charge >= 0.3 is 0 Å². The molecule has 3 heterocycles. The lowest BCUT2D eigenvalue weighted by Crippen LogP contribution is -2.54. The summed E-state index contributed by atoms with van der Waals surface area (Å²) >= 11 is 0. The molecule has 3 amide bonds. The van der Waals surface area contributed by atoms with Gasteiger partial charge in [0, 0.05) is 50.3 Å². The van der Waals surface area contributed by atoms with Crippen LogP contribution < -0.4 is 15.4 Å². The van der Waals surface area contributed by atoms with Crippen LogP contribution in [0.25, 0.3) is 10.9 Å². The topological polar surface area (TPSA) is 107 Å². The zero-order chi connectivity index (χ0) is 22.8. The standard InChI is InChI=1S/C23H31N5O4/c1-24-20(29)9-26-23(31)17-13-28(11-15-10-27(2)12-16(15)17)21(30)7-14-8-25-18-5-4-6-19(32-3)22(14)18/h4-6,8,15-17,25H,7,9-13H2,1-3H3,(H,24,29)(H,26,31). The van der Waals surface area contributed by atoms with Crippen LogP contribution >= 0.6 is 0 Å². The molecule has 2 fully saturated rings. The number of piperidine rings is 1. The normalized spacial score (nSPS) is 23.1. The Labute approximate surface area is 187 Å². The number of hydrogen-bond acceptors (Lipinski definition) is 5. The van der Waals surface area contributed by atoms with Crippen LogP contribution in [-0.2, 0) is 20.8 Å². The van der Waals surface area contributed by atoms with Crippen molar-refractivity contribution in [2.24, 2.45) is 17.8 Å². The summed E-state index contributed by atoms with van der Waals surface area (Å²) in [6, 6.07) is 5.75. The highest BCUT2D eigenvalue weighted by atomic mass is 16.5. The fraction of sp³-hybridized carbons (Fsp3) is 0.522. The summed E-state index contributed by atoms with van der Waals surface area (Å²) in [5.41, 5.74) is 1.81. The van der Waals surface area contributed by atoms with Crippen LogP contribution in [0.4, 0.5) is 0 Å². The Balaban J connectivity index is 1.51. The van der Waals surface area contributed by atoms with Gasteiger partial charge in [-0.25, -0.2) is 0 Å². The van der Waals surface area contributed by atoms with Crippen LogP contribution in [0.15, 0.2) is 24.4 Å². The number of fused-ring (bicyclic) bond motifs is 2. The van der Waals surface area contributed by atoms with Gasteiger partial charge in [0.2, 0.25) is 17.7 Å². The number of aromatic amines is 1. The Morgan fingerprint density at radius 3 is 2.75 bits per heavy atom. The van der Waals surface area contributed by atoms with Gasteiger partial charge in [-0.3, -0.25) is 14.4 Å². The molecule has 2 aliphatic rings. The largest absolute Gasteiger partial charge is 0.496 e. The van der Waals surface area contributed by atoms with Gasteiger partial charge in [-0.05, 0) is 36.6 Å². The second-order valence-electron chi connectivity index (χ2n) is 8.81. The number of aromatic nitrogens is 1. The number of nitrogens with one attached hydrogen (secondary N) is 3. The van der Waals surface area contributed by atoms with Crippen molar-refractivity contribution in [1.82, 2.24) is 25.4 Å². The smallest absolute Gasteiger partial charge is 0.239 e. The van der Waals surface area contributed by atoms with Crippen LogP contribution in [0.3, 0.4) is 0 Å². The predicted molar refractivity (Wildman–Crippen MR) is 120 cm³/mol. The van der Waals surface area contributed by atoms with Crippen molar-refractivity contribution in [2.75, 3.05) is 53.9 Å². The Morgan fingerprint density at radius 1 is 1.19 bits per heavy atom. The maximum atomic E-state index is 13.3. The summed E-state index contributed by atoms with van der Waals surface area (Å²) in [6.07, 6.45) is 2.09. The Bertz CT molecular complexity index is 1020. The van der Waals surface area contributed by atoms with E-state index in [1.165, 1.54) is 7.05 Å². The van der Waals surface area contributed by atoms with Gasteiger partial charge in [0.1, 0.15) is 5.75 Å². The van der Waals surface area contributed by atoms with Crippen molar-refractivity contribution in [1.29, 1.82) is 0 Å².